The summed E-state index contributed by atoms with van der Waals surface area (Å²) >= 11 is 1.42. The van der Waals surface area contributed by atoms with Crippen LogP contribution >= 0.6 is 11.3 Å². The molecule has 6 nitrogen and oxygen atoms in total. The van der Waals surface area contributed by atoms with Crippen LogP contribution in [0.1, 0.15) is 5.01 Å². The summed E-state index contributed by atoms with van der Waals surface area (Å²) in [5.41, 5.74) is 0.814. The third kappa shape index (κ3) is 4.29. The standard InChI is InChI=1S/C17H15F2N3O3S2/c1-22(10-15-21-13-7-2-3-8-14(13)26-15)16(23)9-20-27(24,25)17-11(18)5-4-6-12(17)19/h2-8,20H,9-10H2,1H3. The summed E-state index contributed by atoms with van der Waals surface area (Å²) < 4.78 is 54.4. The van der Waals surface area contributed by atoms with E-state index in [0.29, 0.717) is 5.01 Å². The minimum absolute atomic E-state index is 0.188. The SMILES string of the molecule is CN(Cc1nc2ccccc2s1)C(=O)CNS(=O)(=O)c1c(F)cccc1F. The monoisotopic (exact) mass is 411 g/mol. The maximum Gasteiger partial charge on any atom is 0.246 e. The van der Waals surface area contributed by atoms with E-state index in [0.717, 1.165) is 28.4 Å². The Kier molecular flexibility index (Phi) is 5.49. The minimum atomic E-state index is -4.50. The van der Waals surface area contributed by atoms with E-state index in [1.807, 2.05) is 29.0 Å². The second kappa shape index (κ2) is 7.67. The van der Waals surface area contributed by atoms with Crippen LogP contribution in [0.15, 0.2) is 47.4 Å². The van der Waals surface area contributed by atoms with Crippen molar-refractivity contribution in [3.63, 3.8) is 0 Å². The number of aromatic nitrogens is 1. The van der Waals surface area contributed by atoms with Gasteiger partial charge in [0.2, 0.25) is 15.9 Å². The van der Waals surface area contributed by atoms with Gasteiger partial charge in [-0.3, -0.25) is 4.79 Å². The van der Waals surface area contributed by atoms with Crippen LogP contribution in [0.2, 0.25) is 0 Å². The summed E-state index contributed by atoms with van der Waals surface area (Å²) in [4.78, 5) is 16.8. The predicted octanol–water partition coefficient (Wildman–Crippen LogP) is 2.51. The van der Waals surface area contributed by atoms with Crippen LogP contribution in [0.5, 0.6) is 0 Å². The summed E-state index contributed by atoms with van der Waals surface area (Å²) in [7, 11) is -3.01. The third-order valence-corrected chi connectivity index (χ3v) is 6.21. The number of carbonyl (C=O) groups excluding carboxylic acids is 1. The summed E-state index contributed by atoms with van der Waals surface area (Å²) in [6.07, 6.45) is 0. The van der Waals surface area contributed by atoms with E-state index in [2.05, 4.69) is 4.98 Å². The van der Waals surface area contributed by atoms with Gasteiger partial charge in [0.05, 0.1) is 23.3 Å². The van der Waals surface area contributed by atoms with E-state index >= 15 is 0 Å². The fourth-order valence-corrected chi connectivity index (χ4v) is 4.51. The van der Waals surface area contributed by atoms with Crippen molar-refractivity contribution in [3.8, 4) is 0 Å². The predicted molar refractivity (Wildman–Crippen MR) is 97.6 cm³/mol. The molecule has 0 aliphatic heterocycles. The Morgan fingerprint density at radius 1 is 1.15 bits per heavy atom. The molecule has 0 radical (unpaired) electrons. The van der Waals surface area contributed by atoms with E-state index in [4.69, 9.17) is 0 Å². The number of thiazole rings is 1. The highest BCUT2D eigenvalue weighted by Gasteiger charge is 2.25. The number of rotatable bonds is 6. The lowest BCUT2D eigenvalue weighted by atomic mass is 10.3. The molecule has 3 rings (SSSR count). The Balaban J connectivity index is 1.66. The molecule has 1 N–H and O–H groups in total. The Morgan fingerprint density at radius 3 is 2.48 bits per heavy atom. The van der Waals surface area contributed by atoms with Gasteiger partial charge in [-0.15, -0.1) is 11.3 Å². The molecule has 0 aliphatic carbocycles. The van der Waals surface area contributed by atoms with E-state index < -0.39 is 39.0 Å². The molecule has 10 heteroatoms. The highest BCUT2D eigenvalue weighted by atomic mass is 32.2. The fraction of sp³-hybridized carbons (Fsp3) is 0.176. The van der Waals surface area contributed by atoms with Crippen LogP contribution in [-0.4, -0.2) is 37.8 Å². The first-order valence-corrected chi connectivity index (χ1v) is 10.1. The number of sulfonamides is 1. The van der Waals surface area contributed by atoms with E-state index in [-0.39, 0.29) is 6.54 Å². The quantitative estimate of drug-likeness (QED) is 0.676. The molecule has 1 heterocycles. The number of likely N-dealkylation sites (N-methyl/N-ethyl adjacent to an activating group) is 1. The van der Waals surface area contributed by atoms with Crippen LogP contribution < -0.4 is 4.72 Å². The molecular formula is C17H15F2N3O3S2. The molecule has 1 amide bonds. The Hall–Kier alpha value is -2.43. The highest BCUT2D eigenvalue weighted by Crippen LogP contribution is 2.22. The van der Waals surface area contributed by atoms with Gasteiger partial charge in [0.1, 0.15) is 16.6 Å². The average molecular weight is 411 g/mol. The van der Waals surface area contributed by atoms with Crippen molar-refractivity contribution in [1.82, 2.24) is 14.6 Å². The molecule has 0 bridgehead atoms. The van der Waals surface area contributed by atoms with Crippen molar-refractivity contribution in [3.05, 3.63) is 59.1 Å². The molecule has 0 spiro atoms. The summed E-state index contributed by atoms with van der Waals surface area (Å²) in [6, 6.07) is 10.2. The number of amides is 1. The summed E-state index contributed by atoms with van der Waals surface area (Å²) in [5, 5.41) is 0.690. The van der Waals surface area contributed by atoms with Gasteiger partial charge in [0, 0.05) is 7.05 Å². The second-order valence-corrected chi connectivity index (χ2v) is 8.52. The van der Waals surface area contributed by atoms with Gasteiger partial charge in [-0.2, -0.15) is 0 Å². The van der Waals surface area contributed by atoms with Gasteiger partial charge >= 0.3 is 0 Å². The third-order valence-electron chi connectivity index (χ3n) is 3.74. The van der Waals surface area contributed by atoms with Gasteiger partial charge in [-0.05, 0) is 24.3 Å². The normalized spacial score (nSPS) is 11.7. The van der Waals surface area contributed by atoms with Gasteiger partial charge < -0.3 is 4.90 Å². The van der Waals surface area contributed by atoms with Crippen LogP contribution in [0.4, 0.5) is 8.78 Å². The van der Waals surface area contributed by atoms with Crippen LogP contribution in [0, 0.1) is 11.6 Å². The lowest BCUT2D eigenvalue weighted by Gasteiger charge is -2.16. The lowest BCUT2D eigenvalue weighted by molar-refractivity contribution is -0.129. The Morgan fingerprint density at radius 2 is 1.81 bits per heavy atom. The number of fused-ring (bicyclic) bond motifs is 1. The largest absolute Gasteiger partial charge is 0.338 e. The van der Waals surface area contributed by atoms with Gasteiger partial charge in [0.15, 0.2) is 4.90 Å². The van der Waals surface area contributed by atoms with Crippen molar-refractivity contribution >= 4 is 37.5 Å². The van der Waals surface area contributed by atoms with E-state index in [1.54, 1.807) is 0 Å². The van der Waals surface area contributed by atoms with Crippen LogP contribution in [0.25, 0.3) is 10.2 Å². The number of hydrogen-bond donors (Lipinski definition) is 1. The Bertz CT molecular complexity index is 1050. The second-order valence-electron chi connectivity index (χ2n) is 5.70. The van der Waals surface area contributed by atoms with Gasteiger partial charge in [0.25, 0.3) is 0 Å². The molecular weight excluding hydrogens is 396 g/mol. The zero-order valence-electron chi connectivity index (χ0n) is 14.1. The zero-order chi connectivity index (χ0) is 19.6. The van der Waals surface area contributed by atoms with Crippen molar-refractivity contribution in [2.24, 2.45) is 0 Å². The molecule has 0 saturated carbocycles. The number of benzene rings is 2. The topological polar surface area (TPSA) is 79.4 Å². The molecule has 0 saturated heterocycles. The van der Waals surface area contributed by atoms with E-state index in [9.17, 15) is 22.0 Å². The minimum Gasteiger partial charge on any atom is -0.338 e. The molecule has 0 fully saturated rings. The van der Waals surface area contributed by atoms with Crippen molar-refractivity contribution in [2.75, 3.05) is 13.6 Å². The van der Waals surface area contributed by atoms with Gasteiger partial charge in [-0.1, -0.05) is 18.2 Å². The Labute approximate surface area is 158 Å². The summed E-state index contributed by atoms with van der Waals surface area (Å²) in [5.74, 6) is -3.01. The highest BCUT2D eigenvalue weighted by molar-refractivity contribution is 7.89. The number of hydrogen-bond acceptors (Lipinski definition) is 5. The zero-order valence-corrected chi connectivity index (χ0v) is 15.8. The van der Waals surface area contributed by atoms with Crippen molar-refractivity contribution in [1.29, 1.82) is 0 Å². The van der Waals surface area contributed by atoms with Crippen LogP contribution in [0.3, 0.4) is 0 Å². The molecule has 1 aromatic heterocycles. The number of carbonyl (C=O) groups is 1. The molecule has 0 atom stereocenters. The van der Waals surface area contributed by atoms with Crippen LogP contribution in [-0.2, 0) is 21.4 Å². The fourth-order valence-electron chi connectivity index (χ4n) is 2.38. The molecule has 142 valence electrons. The first-order chi connectivity index (χ1) is 12.8. The first-order valence-electron chi connectivity index (χ1n) is 7.80. The number of nitrogens with one attached hydrogen (secondary N) is 1. The average Bonchev–Trinajstić information content (AvgIpc) is 3.01. The molecule has 2 aromatic carbocycles. The maximum atomic E-state index is 13.7. The molecule has 3 aromatic rings. The first kappa shape index (κ1) is 19.3. The van der Waals surface area contributed by atoms with Gasteiger partial charge in [-0.25, -0.2) is 26.9 Å². The number of halogens is 2. The maximum absolute atomic E-state index is 13.7. The molecule has 0 unspecified atom stereocenters. The molecule has 0 aliphatic rings. The summed E-state index contributed by atoms with van der Waals surface area (Å²) in [6.45, 7) is -0.439. The number of nitrogens with zero attached hydrogens (tertiary/aromatic N) is 2. The lowest BCUT2D eigenvalue weighted by Crippen LogP contribution is -2.38. The number of para-hydroxylation sites is 1. The van der Waals surface area contributed by atoms with Crippen molar-refractivity contribution < 1.29 is 22.0 Å². The van der Waals surface area contributed by atoms with E-state index in [1.165, 1.54) is 23.3 Å². The molecule has 27 heavy (non-hydrogen) atoms. The van der Waals surface area contributed by atoms with Crippen molar-refractivity contribution in [2.45, 2.75) is 11.4 Å². The smallest absolute Gasteiger partial charge is 0.246 e.